The van der Waals surface area contributed by atoms with Crippen molar-refractivity contribution in [3.63, 3.8) is 0 Å². The van der Waals surface area contributed by atoms with Gasteiger partial charge in [-0.2, -0.15) is 0 Å². The molecule has 226 valence electrons. The van der Waals surface area contributed by atoms with Gasteiger partial charge < -0.3 is 28.4 Å². The molecular formula is C30H29ClF2N4O5S. The third-order valence-corrected chi connectivity index (χ3v) is 9.49. The molecule has 2 atom stereocenters. The fraction of sp³-hybridized carbons (Fsp3) is 0.400. The molecule has 5 heterocycles. The van der Waals surface area contributed by atoms with Crippen molar-refractivity contribution < 1.29 is 32.5 Å². The van der Waals surface area contributed by atoms with Crippen LogP contribution in [0, 0.1) is 11.6 Å². The van der Waals surface area contributed by atoms with Crippen LogP contribution < -0.4 is 14.4 Å². The predicted octanol–water partition coefficient (Wildman–Crippen LogP) is 5.57. The third kappa shape index (κ3) is 4.99. The second kappa shape index (κ2) is 10.9. The van der Waals surface area contributed by atoms with Crippen LogP contribution in [0.2, 0.25) is 5.02 Å². The number of thiophene rings is 1. The fourth-order valence-corrected chi connectivity index (χ4v) is 7.01. The van der Waals surface area contributed by atoms with E-state index in [1.165, 1.54) is 13.2 Å². The average molecular weight is 631 g/mol. The number of carbonyl (C=O) groups is 1. The molecular weight excluding hydrogens is 602 g/mol. The number of piperazine rings is 1. The molecule has 0 bridgehead atoms. The van der Waals surface area contributed by atoms with E-state index in [9.17, 15) is 9.18 Å². The SMILES string of the molecule is COC(=O)c1sc2nc(CN3CCN(c4cccc5c4O[C@@](C)(c4ccc(Cl)cc4F)O5)CC3)n(C[C@@H]3CCO3)c2c1F. The number of aromatic nitrogens is 2. The molecule has 0 amide bonds. The first-order chi connectivity index (χ1) is 20.7. The van der Waals surface area contributed by atoms with Crippen LogP contribution in [0.4, 0.5) is 14.5 Å². The van der Waals surface area contributed by atoms with Crippen LogP contribution in [0.3, 0.4) is 0 Å². The van der Waals surface area contributed by atoms with E-state index < -0.39 is 23.4 Å². The minimum Gasteiger partial charge on any atom is -0.465 e. The highest BCUT2D eigenvalue weighted by Gasteiger charge is 2.43. The van der Waals surface area contributed by atoms with Gasteiger partial charge in [-0.05, 0) is 36.8 Å². The van der Waals surface area contributed by atoms with E-state index in [4.69, 9.17) is 35.5 Å². The monoisotopic (exact) mass is 630 g/mol. The lowest BCUT2D eigenvalue weighted by atomic mass is 10.1. The number of esters is 1. The maximum Gasteiger partial charge on any atom is 0.351 e. The number of ether oxygens (including phenoxy) is 4. The van der Waals surface area contributed by atoms with Gasteiger partial charge in [0.05, 0.1) is 37.6 Å². The van der Waals surface area contributed by atoms with E-state index in [-0.39, 0.29) is 16.5 Å². The second-order valence-electron chi connectivity index (χ2n) is 11.0. The zero-order chi connectivity index (χ0) is 29.9. The van der Waals surface area contributed by atoms with Crippen molar-refractivity contribution in [1.29, 1.82) is 0 Å². The zero-order valence-corrected chi connectivity index (χ0v) is 25.1. The molecule has 2 aromatic carbocycles. The molecule has 0 spiro atoms. The number of rotatable bonds is 7. The Kier molecular flexibility index (Phi) is 7.19. The van der Waals surface area contributed by atoms with Crippen LogP contribution in [0.15, 0.2) is 36.4 Å². The van der Waals surface area contributed by atoms with E-state index >= 15 is 4.39 Å². The molecule has 2 saturated heterocycles. The van der Waals surface area contributed by atoms with Gasteiger partial charge in [-0.25, -0.2) is 18.6 Å². The number of hydrogen-bond acceptors (Lipinski definition) is 9. The lowest BCUT2D eigenvalue weighted by molar-refractivity contribution is -0.0705. The normalized spacial score (nSPS) is 21.8. The number of hydrogen-bond donors (Lipinski definition) is 0. The van der Waals surface area contributed by atoms with E-state index in [0.717, 1.165) is 42.4 Å². The van der Waals surface area contributed by atoms with Crippen molar-refractivity contribution in [2.45, 2.75) is 38.3 Å². The standard InChI is InChI=1S/C30H29ClF2N4O5S/c1-30(19-7-6-17(31)14-20(19)32)41-22-5-3-4-21(26(22)42-30)36-11-9-35(10-12-36)16-23-34-28-25(37(23)15-18-8-13-40-18)24(33)27(43-28)29(38)39-2/h3-7,14,18H,8-13,15-16H2,1-2H3/t18-,30-/m0/s1. The topological polar surface area (TPSA) is 78.3 Å². The summed E-state index contributed by atoms with van der Waals surface area (Å²) in [4.78, 5) is 21.7. The Bertz CT molecular complexity index is 1720. The molecule has 0 N–H and O–H groups in total. The number of carbonyl (C=O) groups excluding carboxylic acids is 1. The number of nitrogens with zero attached hydrogens (tertiary/aromatic N) is 4. The van der Waals surface area contributed by atoms with Crippen molar-refractivity contribution in [1.82, 2.24) is 14.5 Å². The summed E-state index contributed by atoms with van der Waals surface area (Å²) in [6.45, 7) is 6.23. The Morgan fingerprint density at radius 1 is 1.19 bits per heavy atom. The van der Waals surface area contributed by atoms with Gasteiger partial charge in [-0.1, -0.05) is 17.7 Å². The predicted molar refractivity (Wildman–Crippen MR) is 157 cm³/mol. The zero-order valence-electron chi connectivity index (χ0n) is 23.6. The van der Waals surface area contributed by atoms with Crippen LogP contribution in [-0.4, -0.2) is 66.4 Å². The first kappa shape index (κ1) is 28.3. The molecule has 0 unspecified atom stereocenters. The van der Waals surface area contributed by atoms with Gasteiger partial charge in [-0.3, -0.25) is 4.90 Å². The summed E-state index contributed by atoms with van der Waals surface area (Å²) in [6, 6.07) is 10.1. The van der Waals surface area contributed by atoms with Gasteiger partial charge in [0.15, 0.2) is 22.2 Å². The van der Waals surface area contributed by atoms with Gasteiger partial charge in [0.25, 0.3) is 5.79 Å². The number of methoxy groups -OCH3 is 1. The van der Waals surface area contributed by atoms with E-state index in [1.807, 2.05) is 22.8 Å². The highest BCUT2D eigenvalue weighted by atomic mass is 35.5. The van der Waals surface area contributed by atoms with Gasteiger partial charge in [0, 0.05) is 44.7 Å². The molecule has 4 aromatic rings. The summed E-state index contributed by atoms with van der Waals surface area (Å²) in [6.07, 6.45) is 0.882. The molecule has 2 aromatic heterocycles. The molecule has 0 saturated carbocycles. The average Bonchev–Trinajstić information content (AvgIpc) is 3.60. The van der Waals surface area contributed by atoms with Crippen molar-refractivity contribution in [3.8, 4) is 11.5 Å². The van der Waals surface area contributed by atoms with Crippen molar-refractivity contribution in [2.75, 3.05) is 44.8 Å². The molecule has 7 rings (SSSR count). The Labute approximate surface area is 255 Å². The number of imidazole rings is 1. The number of para-hydroxylation sites is 1. The second-order valence-corrected chi connectivity index (χ2v) is 12.4. The van der Waals surface area contributed by atoms with Gasteiger partial charge >= 0.3 is 5.97 Å². The minimum atomic E-state index is -1.33. The summed E-state index contributed by atoms with van der Waals surface area (Å²) < 4.78 is 54.9. The maximum absolute atomic E-state index is 15.4. The van der Waals surface area contributed by atoms with Gasteiger partial charge in [0.2, 0.25) is 0 Å². The van der Waals surface area contributed by atoms with E-state index in [1.54, 1.807) is 19.1 Å². The molecule has 0 radical (unpaired) electrons. The van der Waals surface area contributed by atoms with Crippen molar-refractivity contribution in [3.05, 3.63) is 69.3 Å². The Morgan fingerprint density at radius 2 is 1.98 bits per heavy atom. The number of halogens is 3. The molecule has 0 aliphatic carbocycles. The summed E-state index contributed by atoms with van der Waals surface area (Å²) in [5.41, 5.74) is 1.46. The third-order valence-electron chi connectivity index (χ3n) is 8.23. The van der Waals surface area contributed by atoms with Crippen molar-refractivity contribution >= 4 is 44.9 Å². The molecule has 3 aliphatic rings. The highest BCUT2D eigenvalue weighted by Crippen LogP contribution is 2.50. The summed E-state index contributed by atoms with van der Waals surface area (Å²) >= 11 is 6.97. The van der Waals surface area contributed by atoms with E-state index in [2.05, 4.69) is 9.80 Å². The lowest BCUT2D eigenvalue weighted by Gasteiger charge is -2.36. The Morgan fingerprint density at radius 3 is 2.67 bits per heavy atom. The number of fused-ring (bicyclic) bond motifs is 2. The summed E-state index contributed by atoms with van der Waals surface area (Å²) in [5, 5.41) is 0.300. The van der Waals surface area contributed by atoms with Crippen LogP contribution in [0.5, 0.6) is 11.5 Å². The lowest BCUT2D eigenvalue weighted by Crippen LogP contribution is -2.46. The Balaban J connectivity index is 1.08. The number of benzene rings is 2. The number of anilines is 1. The Hall–Kier alpha value is -3.45. The van der Waals surface area contributed by atoms with Crippen molar-refractivity contribution in [2.24, 2.45) is 0 Å². The van der Waals surface area contributed by atoms with Crippen LogP contribution in [0.25, 0.3) is 10.3 Å². The molecule has 43 heavy (non-hydrogen) atoms. The molecule has 13 heteroatoms. The molecule has 9 nitrogen and oxygen atoms in total. The quantitative estimate of drug-likeness (QED) is 0.245. The first-order valence-corrected chi connectivity index (χ1v) is 15.2. The smallest absolute Gasteiger partial charge is 0.351 e. The summed E-state index contributed by atoms with van der Waals surface area (Å²) in [7, 11) is 1.24. The van der Waals surface area contributed by atoms with Gasteiger partial charge in [-0.15, -0.1) is 11.3 Å². The largest absolute Gasteiger partial charge is 0.465 e. The minimum absolute atomic E-state index is 0.0108. The fourth-order valence-electron chi connectivity index (χ4n) is 5.86. The summed E-state index contributed by atoms with van der Waals surface area (Å²) in [5.74, 6) is -1.27. The van der Waals surface area contributed by atoms with Crippen LogP contribution in [0.1, 0.15) is 34.4 Å². The van der Waals surface area contributed by atoms with E-state index in [0.29, 0.717) is 59.7 Å². The molecule has 2 fully saturated rings. The molecule has 3 aliphatic heterocycles. The van der Waals surface area contributed by atoms with Crippen LogP contribution in [-0.2, 0) is 28.4 Å². The van der Waals surface area contributed by atoms with Crippen LogP contribution >= 0.6 is 22.9 Å². The maximum atomic E-state index is 15.4. The first-order valence-electron chi connectivity index (χ1n) is 14.1. The van der Waals surface area contributed by atoms with Gasteiger partial charge in [0.1, 0.15) is 22.0 Å². The highest BCUT2D eigenvalue weighted by molar-refractivity contribution is 7.20.